The molecule has 72 valence electrons. The molecule has 0 amide bonds. The average Bonchev–Trinajstić information content (AvgIpc) is 2.11. The lowest BCUT2D eigenvalue weighted by molar-refractivity contribution is -0.116. The van der Waals surface area contributed by atoms with Gasteiger partial charge in [0, 0.05) is 5.41 Å². The molecule has 0 bridgehead atoms. The van der Waals surface area contributed by atoms with Crippen LogP contribution in [0.5, 0.6) is 0 Å². The average molecular weight is 170 g/mol. The molecular weight excluding hydrogens is 148 g/mol. The highest BCUT2D eigenvalue weighted by molar-refractivity contribution is 5.58. The van der Waals surface area contributed by atoms with Gasteiger partial charge in [-0.2, -0.15) is 0 Å². The smallest absolute Gasteiger partial charge is 0.125 e. The molecule has 0 aromatic carbocycles. The van der Waals surface area contributed by atoms with Crippen molar-refractivity contribution in [3.63, 3.8) is 0 Å². The van der Waals surface area contributed by atoms with Gasteiger partial charge in [0.2, 0.25) is 0 Å². The highest BCUT2D eigenvalue weighted by atomic mass is 16.1. The second-order valence-corrected chi connectivity index (χ2v) is 3.98. The van der Waals surface area contributed by atoms with Gasteiger partial charge in [-0.25, -0.2) is 0 Å². The topological polar surface area (TPSA) is 17.1 Å². The van der Waals surface area contributed by atoms with E-state index in [9.17, 15) is 4.79 Å². The maximum absolute atomic E-state index is 10.8. The zero-order valence-corrected chi connectivity index (χ0v) is 8.73. The summed E-state index contributed by atoms with van der Waals surface area (Å²) in [6.07, 6.45) is 8.02. The molecule has 0 aliphatic rings. The van der Waals surface area contributed by atoms with Gasteiger partial charge in [0.1, 0.15) is 6.29 Å². The van der Waals surface area contributed by atoms with Crippen molar-refractivity contribution < 1.29 is 4.79 Å². The summed E-state index contributed by atoms with van der Waals surface area (Å²) < 4.78 is 0. The fraction of sp³-hybridized carbons (Fsp3) is 0.909. The number of rotatable bonds is 7. The Morgan fingerprint density at radius 3 is 1.75 bits per heavy atom. The van der Waals surface area contributed by atoms with Crippen LogP contribution in [0.25, 0.3) is 0 Å². The maximum Gasteiger partial charge on any atom is 0.125 e. The second kappa shape index (κ2) is 6.22. The zero-order chi connectivity index (χ0) is 9.45. The van der Waals surface area contributed by atoms with E-state index in [-0.39, 0.29) is 5.41 Å². The van der Waals surface area contributed by atoms with Crippen molar-refractivity contribution in [1.29, 1.82) is 0 Å². The molecule has 1 nitrogen and oxygen atoms in total. The molecule has 0 aliphatic heterocycles. The molecule has 0 unspecified atom stereocenters. The van der Waals surface area contributed by atoms with E-state index in [4.69, 9.17) is 0 Å². The molecule has 0 heterocycles. The van der Waals surface area contributed by atoms with Gasteiger partial charge >= 0.3 is 0 Å². The highest BCUT2D eigenvalue weighted by Gasteiger charge is 2.21. The van der Waals surface area contributed by atoms with E-state index in [1.54, 1.807) is 0 Å². The quantitative estimate of drug-likeness (QED) is 0.534. The van der Waals surface area contributed by atoms with E-state index < -0.39 is 0 Å². The van der Waals surface area contributed by atoms with Crippen LogP contribution in [0.3, 0.4) is 0 Å². The molecular formula is C11H22O. The van der Waals surface area contributed by atoms with Crippen LogP contribution in [0.1, 0.15) is 59.3 Å². The van der Waals surface area contributed by atoms with Crippen molar-refractivity contribution in [3.8, 4) is 0 Å². The third-order valence-electron chi connectivity index (χ3n) is 2.49. The summed E-state index contributed by atoms with van der Waals surface area (Å²) in [5, 5.41) is 0. The molecule has 0 spiro atoms. The fourth-order valence-electron chi connectivity index (χ4n) is 1.40. The normalized spacial score (nSPS) is 11.6. The van der Waals surface area contributed by atoms with Gasteiger partial charge in [-0.3, -0.25) is 0 Å². The summed E-state index contributed by atoms with van der Waals surface area (Å²) >= 11 is 0. The van der Waals surface area contributed by atoms with Crippen molar-refractivity contribution in [2.24, 2.45) is 5.41 Å². The lowest BCUT2D eigenvalue weighted by Gasteiger charge is -2.22. The Morgan fingerprint density at radius 1 is 1.08 bits per heavy atom. The fourth-order valence-corrected chi connectivity index (χ4v) is 1.40. The van der Waals surface area contributed by atoms with E-state index in [0.717, 1.165) is 19.1 Å². The number of hydrogen-bond acceptors (Lipinski definition) is 1. The number of aldehydes is 1. The van der Waals surface area contributed by atoms with E-state index in [1.165, 1.54) is 25.7 Å². The van der Waals surface area contributed by atoms with Crippen LogP contribution in [0, 0.1) is 5.41 Å². The van der Waals surface area contributed by atoms with Crippen LogP contribution >= 0.6 is 0 Å². The van der Waals surface area contributed by atoms with Crippen LogP contribution < -0.4 is 0 Å². The Kier molecular flexibility index (Phi) is 6.04. The van der Waals surface area contributed by atoms with Crippen molar-refractivity contribution >= 4 is 6.29 Å². The summed E-state index contributed by atoms with van der Waals surface area (Å²) in [7, 11) is 0. The Balaban J connectivity index is 3.78. The lowest BCUT2D eigenvalue weighted by atomic mass is 9.82. The van der Waals surface area contributed by atoms with Crippen molar-refractivity contribution in [2.75, 3.05) is 0 Å². The SMILES string of the molecule is CCCCC(C)(C=O)CCCC. The first-order valence-electron chi connectivity index (χ1n) is 5.15. The van der Waals surface area contributed by atoms with Crippen molar-refractivity contribution in [3.05, 3.63) is 0 Å². The van der Waals surface area contributed by atoms with Crippen molar-refractivity contribution in [1.82, 2.24) is 0 Å². The zero-order valence-electron chi connectivity index (χ0n) is 8.73. The van der Waals surface area contributed by atoms with E-state index in [1.807, 2.05) is 0 Å². The molecule has 1 heteroatoms. The van der Waals surface area contributed by atoms with Gasteiger partial charge in [-0.15, -0.1) is 0 Å². The summed E-state index contributed by atoms with van der Waals surface area (Å²) in [4.78, 5) is 10.8. The van der Waals surface area contributed by atoms with Gasteiger partial charge in [-0.05, 0) is 12.8 Å². The molecule has 0 saturated carbocycles. The molecule has 0 radical (unpaired) electrons. The minimum absolute atomic E-state index is 0.0357. The molecule has 0 N–H and O–H groups in total. The number of carbonyl (C=O) groups is 1. The largest absolute Gasteiger partial charge is 0.303 e. The third kappa shape index (κ3) is 4.53. The minimum atomic E-state index is -0.0357. The van der Waals surface area contributed by atoms with Crippen LogP contribution in [-0.4, -0.2) is 6.29 Å². The predicted molar refractivity (Wildman–Crippen MR) is 53.2 cm³/mol. The van der Waals surface area contributed by atoms with Crippen LogP contribution in [-0.2, 0) is 4.79 Å². The Bertz CT molecular complexity index is 110. The molecule has 0 saturated heterocycles. The van der Waals surface area contributed by atoms with Gasteiger partial charge in [-0.1, -0.05) is 46.5 Å². The first-order valence-corrected chi connectivity index (χ1v) is 5.15. The van der Waals surface area contributed by atoms with Gasteiger partial charge in [0.05, 0.1) is 0 Å². The lowest BCUT2D eigenvalue weighted by Crippen LogP contribution is -2.17. The summed E-state index contributed by atoms with van der Waals surface area (Å²) in [6.45, 7) is 6.43. The Labute approximate surface area is 76.6 Å². The standard InChI is InChI=1S/C11H22O/c1-4-6-8-11(3,10-12)9-7-5-2/h10H,4-9H2,1-3H3. The van der Waals surface area contributed by atoms with Crippen LogP contribution in [0.4, 0.5) is 0 Å². The molecule has 12 heavy (non-hydrogen) atoms. The number of unbranched alkanes of at least 4 members (excludes halogenated alkanes) is 2. The number of hydrogen-bond donors (Lipinski definition) is 0. The van der Waals surface area contributed by atoms with E-state index in [2.05, 4.69) is 20.8 Å². The Morgan fingerprint density at radius 2 is 1.50 bits per heavy atom. The molecule has 0 fully saturated rings. The first kappa shape index (κ1) is 11.7. The molecule has 0 aliphatic carbocycles. The van der Waals surface area contributed by atoms with Gasteiger partial charge in [0.15, 0.2) is 0 Å². The van der Waals surface area contributed by atoms with Crippen LogP contribution in [0.2, 0.25) is 0 Å². The van der Waals surface area contributed by atoms with E-state index >= 15 is 0 Å². The van der Waals surface area contributed by atoms with Gasteiger partial charge in [0.25, 0.3) is 0 Å². The number of carbonyl (C=O) groups excluding carboxylic acids is 1. The highest BCUT2D eigenvalue weighted by Crippen LogP contribution is 2.27. The first-order chi connectivity index (χ1) is 5.68. The minimum Gasteiger partial charge on any atom is -0.303 e. The summed E-state index contributed by atoms with van der Waals surface area (Å²) in [5.41, 5.74) is -0.0357. The summed E-state index contributed by atoms with van der Waals surface area (Å²) in [6, 6.07) is 0. The third-order valence-corrected chi connectivity index (χ3v) is 2.49. The maximum atomic E-state index is 10.8. The molecule has 0 atom stereocenters. The second-order valence-electron chi connectivity index (χ2n) is 3.98. The van der Waals surface area contributed by atoms with Crippen LogP contribution in [0.15, 0.2) is 0 Å². The Hall–Kier alpha value is -0.330. The van der Waals surface area contributed by atoms with Gasteiger partial charge < -0.3 is 4.79 Å². The van der Waals surface area contributed by atoms with E-state index in [0.29, 0.717) is 0 Å². The molecule has 0 aromatic rings. The summed E-state index contributed by atoms with van der Waals surface area (Å²) in [5.74, 6) is 0. The molecule has 0 rings (SSSR count). The predicted octanol–water partition coefficient (Wildman–Crippen LogP) is 3.57. The van der Waals surface area contributed by atoms with Crippen molar-refractivity contribution in [2.45, 2.75) is 59.3 Å². The molecule has 0 aromatic heterocycles. The monoisotopic (exact) mass is 170 g/mol.